The monoisotopic (exact) mass is 334 g/mol. The van der Waals surface area contributed by atoms with E-state index in [1.807, 2.05) is 0 Å². The third-order valence-corrected chi connectivity index (χ3v) is 4.41. The highest BCUT2D eigenvalue weighted by atomic mass is 16.6. The Hall–Kier alpha value is -2.19. The maximum Gasteiger partial charge on any atom is 0.314 e. The molecular formula is C16H22N4O4. The fourth-order valence-corrected chi connectivity index (χ4v) is 3.16. The van der Waals surface area contributed by atoms with E-state index in [9.17, 15) is 9.59 Å². The number of rotatable bonds is 3. The van der Waals surface area contributed by atoms with Gasteiger partial charge in [-0.3, -0.25) is 9.78 Å². The van der Waals surface area contributed by atoms with E-state index < -0.39 is 11.6 Å². The maximum atomic E-state index is 12.1. The summed E-state index contributed by atoms with van der Waals surface area (Å²) in [6.07, 6.45) is 4.60. The Kier molecular flexibility index (Phi) is 4.96. The number of pyridine rings is 1. The zero-order valence-electron chi connectivity index (χ0n) is 13.4. The molecule has 3 heterocycles. The van der Waals surface area contributed by atoms with E-state index in [2.05, 4.69) is 10.3 Å². The Labute approximate surface area is 140 Å². The van der Waals surface area contributed by atoms with Crippen LogP contribution < -0.4 is 11.1 Å². The van der Waals surface area contributed by atoms with Gasteiger partial charge in [0, 0.05) is 25.5 Å². The number of primary amides is 1. The smallest absolute Gasteiger partial charge is 0.314 e. The summed E-state index contributed by atoms with van der Waals surface area (Å²) in [6, 6.07) is 2.97. The summed E-state index contributed by atoms with van der Waals surface area (Å²) in [6.45, 7) is 2.20. The first kappa shape index (κ1) is 16.7. The van der Waals surface area contributed by atoms with Crippen LogP contribution in [0.1, 0.15) is 23.2 Å². The van der Waals surface area contributed by atoms with Crippen LogP contribution in [0, 0.1) is 0 Å². The van der Waals surface area contributed by atoms with Gasteiger partial charge in [-0.1, -0.05) is 0 Å². The fourth-order valence-electron chi connectivity index (χ4n) is 3.16. The van der Waals surface area contributed by atoms with Crippen LogP contribution in [0.15, 0.2) is 24.5 Å². The molecule has 8 nitrogen and oxygen atoms in total. The van der Waals surface area contributed by atoms with Crippen LogP contribution in [-0.4, -0.2) is 66.4 Å². The van der Waals surface area contributed by atoms with Crippen LogP contribution in [0.5, 0.6) is 0 Å². The number of nitrogens with two attached hydrogens (primary N) is 1. The van der Waals surface area contributed by atoms with E-state index in [0.717, 1.165) is 12.8 Å². The minimum absolute atomic E-state index is 0.109. The van der Waals surface area contributed by atoms with Gasteiger partial charge in [-0.15, -0.1) is 0 Å². The summed E-state index contributed by atoms with van der Waals surface area (Å²) in [5, 5.41) is 2.86. The molecule has 8 heteroatoms. The van der Waals surface area contributed by atoms with E-state index in [1.165, 1.54) is 6.20 Å². The second-order valence-corrected chi connectivity index (χ2v) is 6.23. The summed E-state index contributed by atoms with van der Waals surface area (Å²) in [4.78, 5) is 29.0. The highest BCUT2D eigenvalue weighted by Crippen LogP contribution is 2.32. The van der Waals surface area contributed by atoms with Crippen LogP contribution in [0.25, 0.3) is 0 Å². The Morgan fingerprint density at radius 3 is 3.12 bits per heavy atom. The Balaban J connectivity index is 1.55. The number of urea groups is 1. The number of hydrogen-bond donors (Lipinski definition) is 2. The normalized spacial score (nSPS) is 27.0. The molecule has 2 saturated heterocycles. The molecule has 0 aromatic carbocycles. The van der Waals surface area contributed by atoms with Gasteiger partial charge < -0.3 is 25.4 Å². The first-order valence-electron chi connectivity index (χ1n) is 8.06. The molecule has 2 aliphatic heterocycles. The number of carbonyl (C=O) groups is 2. The van der Waals surface area contributed by atoms with Crippen molar-refractivity contribution in [2.24, 2.45) is 5.73 Å². The minimum atomic E-state index is -0.533. The van der Waals surface area contributed by atoms with Crippen molar-refractivity contribution in [2.45, 2.75) is 24.5 Å². The molecule has 0 saturated carbocycles. The molecule has 24 heavy (non-hydrogen) atoms. The van der Waals surface area contributed by atoms with Crippen molar-refractivity contribution in [3.8, 4) is 0 Å². The molecule has 3 rings (SSSR count). The average molecular weight is 334 g/mol. The number of amides is 3. The zero-order chi connectivity index (χ0) is 17.0. The molecule has 2 aliphatic rings. The number of hydrogen-bond acceptors (Lipinski definition) is 5. The number of ether oxygens (including phenoxy) is 2. The summed E-state index contributed by atoms with van der Waals surface area (Å²) in [7, 11) is 0. The van der Waals surface area contributed by atoms with Crippen molar-refractivity contribution in [3.63, 3.8) is 0 Å². The van der Waals surface area contributed by atoms with Crippen molar-refractivity contribution >= 4 is 11.9 Å². The molecule has 0 radical (unpaired) electrons. The predicted molar refractivity (Wildman–Crippen MR) is 85.4 cm³/mol. The van der Waals surface area contributed by atoms with E-state index in [1.54, 1.807) is 23.2 Å². The Morgan fingerprint density at radius 1 is 1.50 bits per heavy atom. The molecule has 3 N–H and O–H groups in total. The SMILES string of the molecule is NC(=O)N1CCOC[C@@]2(CC[C@H](CNC(=O)c3cccnc3)O2)C1. The molecule has 2 fully saturated rings. The second-order valence-electron chi connectivity index (χ2n) is 6.23. The van der Waals surface area contributed by atoms with Gasteiger partial charge >= 0.3 is 6.03 Å². The van der Waals surface area contributed by atoms with Crippen LogP contribution in [-0.2, 0) is 9.47 Å². The lowest BCUT2D eigenvalue weighted by Crippen LogP contribution is -2.48. The van der Waals surface area contributed by atoms with Gasteiger partial charge in [-0.05, 0) is 25.0 Å². The molecule has 1 aromatic heterocycles. The van der Waals surface area contributed by atoms with Crippen molar-refractivity contribution in [2.75, 3.05) is 32.8 Å². The quantitative estimate of drug-likeness (QED) is 0.818. The number of carbonyl (C=O) groups excluding carboxylic acids is 2. The highest BCUT2D eigenvalue weighted by Gasteiger charge is 2.43. The minimum Gasteiger partial charge on any atom is -0.377 e. The fraction of sp³-hybridized carbons (Fsp3) is 0.562. The van der Waals surface area contributed by atoms with Crippen molar-refractivity contribution in [3.05, 3.63) is 30.1 Å². The molecule has 2 atom stereocenters. The molecule has 0 aliphatic carbocycles. The molecule has 1 spiro atoms. The lowest BCUT2D eigenvalue weighted by Gasteiger charge is -2.31. The Morgan fingerprint density at radius 2 is 2.38 bits per heavy atom. The average Bonchev–Trinajstić information content (AvgIpc) is 2.86. The van der Waals surface area contributed by atoms with E-state index >= 15 is 0 Å². The third kappa shape index (κ3) is 3.82. The summed E-state index contributed by atoms with van der Waals surface area (Å²) in [5.41, 5.74) is 5.38. The van der Waals surface area contributed by atoms with E-state index in [4.69, 9.17) is 15.2 Å². The Bertz CT molecular complexity index is 597. The van der Waals surface area contributed by atoms with Crippen molar-refractivity contribution < 1.29 is 19.1 Å². The van der Waals surface area contributed by atoms with Crippen LogP contribution in [0.2, 0.25) is 0 Å². The van der Waals surface area contributed by atoms with Gasteiger partial charge in [0.2, 0.25) is 0 Å². The number of nitrogens with one attached hydrogen (secondary N) is 1. The molecule has 130 valence electrons. The predicted octanol–water partition coefficient (Wildman–Crippen LogP) is 0.140. The van der Waals surface area contributed by atoms with Gasteiger partial charge in [0.1, 0.15) is 5.60 Å². The van der Waals surface area contributed by atoms with Gasteiger partial charge in [0.25, 0.3) is 5.91 Å². The van der Waals surface area contributed by atoms with Crippen molar-refractivity contribution in [1.29, 1.82) is 0 Å². The lowest BCUT2D eigenvalue weighted by atomic mass is 10.0. The molecule has 0 unspecified atom stereocenters. The van der Waals surface area contributed by atoms with Crippen molar-refractivity contribution in [1.82, 2.24) is 15.2 Å². The summed E-state index contributed by atoms with van der Waals surface area (Å²) in [5.74, 6) is -0.177. The molecule has 1 aromatic rings. The van der Waals surface area contributed by atoms with Gasteiger partial charge in [0.05, 0.1) is 31.4 Å². The third-order valence-electron chi connectivity index (χ3n) is 4.41. The number of nitrogens with zero attached hydrogens (tertiary/aromatic N) is 2. The van der Waals surface area contributed by atoms with Crippen LogP contribution in [0.3, 0.4) is 0 Å². The molecular weight excluding hydrogens is 312 g/mol. The molecule has 0 bridgehead atoms. The number of aromatic nitrogens is 1. The van der Waals surface area contributed by atoms with Gasteiger partial charge in [-0.2, -0.15) is 0 Å². The lowest BCUT2D eigenvalue weighted by molar-refractivity contribution is -0.0817. The maximum absolute atomic E-state index is 12.1. The van der Waals surface area contributed by atoms with E-state index in [0.29, 0.717) is 38.4 Å². The standard InChI is InChI=1S/C16H22N4O4/c17-15(22)20-6-7-23-11-16(10-20)4-3-13(24-16)9-19-14(21)12-2-1-5-18-8-12/h1-2,5,8,13H,3-4,6-7,9-11H2,(H2,17,22)(H,19,21)/t13-,16-/m1/s1. The van der Waals surface area contributed by atoms with Gasteiger partial charge in [-0.25, -0.2) is 4.79 Å². The first-order chi connectivity index (χ1) is 11.6. The van der Waals surface area contributed by atoms with Crippen LogP contribution >= 0.6 is 0 Å². The van der Waals surface area contributed by atoms with Crippen LogP contribution in [0.4, 0.5) is 4.79 Å². The van der Waals surface area contributed by atoms with E-state index in [-0.39, 0.29) is 12.0 Å². The summed E-state index contributed by atoms with van der Waals surface area (Å²) >= 11 is 0. The first-order valence-corrected chi connectivity index (χ1v) is 8.06. The topological polar surface area (TPSA) is 107 Å². The largest absolute Gasteiger partial charge is 0.377 e. The molecule has 3 amide bonds. The summed E-state index contributed by atoms with van der Waals surface area (Å²) < 4.78 is 11.7. The highest BCUT2D eigenvalue weighted by molar-refractivity contribution is 5.93. The zero-order valence-corrected chi connectivity index (χ0v) is 13.4. The second kappa shape index (κ2) is 7.14. The van der Waals surface area contributed by atoms with Gasteiger partial charge in [0.15, 0.2) is 0 Å².